The van der Waals surface area contributed by atoms with Crippen molar-refractivity contribution < 1.29 is 4.74 Å². The molecular formula is C15H18N2O. The predicted octanol–water partition coefficient (Wildman–Crippen LogP) is 2.51. The van der Waals surface area contributed by atoms with E-state index in [0.29, 0.717) is 0 Å². The molecule has 0 aliphatic heterocycles. The van der Waals surface area contributed by atoms with E-state index in [0.717, 1.165) is 17.7 Å². The Balaban J connectivity index is 2.24. The highest BCUT2D eigenvalue weighted by Crippen LogP contribution is 2.24. The zero-order valence-corrected chi connectivity index (χ0v) is 10.8. The Bertz CT molecular complexity index is 509. The number of aromatic nitrogens is 1. The van der Waals surface area contributed by atoms with Gasteiger partial charge in [-0.1, -0.05) is 30.3 Å². The Morgan fingerprint density at radius 3 is 2.61 bits per heavy atom. The summed E-state index contributed by atoms with van der Waals surface area (Å²) in [4.78, 5) is 4.16. The summed E-state index contributed by atoms with van der Waals surface area (Å²) in [6.07, 6.45) is 4.25. The molecule has 2 N–H and O–H groups in total. The van der Waals surface area contributed by atoms with Gasteiger partial charge in [-0.2, -0.15) is 0 Å². The fourth-order valence-electron chi connectivity index (χ4n) is 1.96. The van der Waals surface area contributed by atoms with Gasteiger partial charge in [-0.25, -0.2) is 0 Å². The molecule has 1 atom stereocenters. The van der Waals surface area contributed by atoms with Crippen LogP contribution in [-0.4, -0.2) is 12.1 Å². The number of nitrogens with zero attached hydrogens (tertiary/aromatic N) is 1. The number of nitrogens with two attached hydrogens (primary N) is 1. The maximum absolute atomic E-state index is 6.40. The number of benzene rings is 1. The standard InChI is InChI=1S/C15H18N2O/c1-15(16,9-12-6-4-3-5-7-12)13-8-14(18-2)11-17-10-13/h3-8,10-11H,9,16H2,1-2H3. The molecule has 2 aromatic rings. The summed E-state index contributed by atoms with van der Waals surface area (Å²) in [7, 11) is 1.63. The van der Waals surface area contributed by atoms with Crippen LogP contribution >= 0.6 is 0 Å². The van der Waals surface area contributed by atoms with Crippen LogP contribution in [0.15, 0.2) is 48.8 Å². The summed E-state index contributed by atoms with van der Waals surface area (Å²) >= 11 is 0. The van der Waals surface area contributed by atoms with Gasteiger partial charge in [-0.3, -0.25) is 4.98 Å². The summed E-state index contributed by atoms with van der Waals surface area (Å²) < 4.78 is 5.18. The first-order valence-corrected chi connectivity index (χ1v) is 5.94. The highest BCUT2D eigenvalue weighted by Gasteiger charge is 2.22. The molecule has 1 unspecified atom stereocenters. The Hall–Kier alpha value is -1.87. The molecule has 0 aliphatic rings. The summed E-state index contributed by atoms with van der Waals surface area (Å²) in [6.45, 7) is 2.01. The van der Waals surface area contributed by atoms with E-state index in [1.54, 1.807) is 19.5 Å². The lowest BCUT2D eigenvalue weighted by Crippen LogP contribution is -2.35. The molecule has 0 saturated carbocycles. The van der Waals surface area contributed by atoms with Crippen molar-refractivity contribution in [1.29, 1.82) is 0 Å². The average Bonchev–Trinajstić information content (AvgIpc) is 2.39. The quantitative estimate of drug-likeness (QED) is 0.896. The van der Waals surface area contributed by atoms with Crippen molar-refractivity contribution in [2.24, 2.45) is 5.73 Å². The number of ether oxygens (including phenoxy) is 1. The SMILES string of the molecule is COc1cncc(C(C)(N)Cc2ccccc2)c1. The molecule has 18 heavy (non-hydrogen) atoms. The molecule has 0 radical (unpaired) electrons. The van der Waals surface area contributed by atoms with Gasteiger partial charge in [-0.05, 0) is 30.5 Å². The van der Waals surface area contributed by atoms with Crippen molar-refractivity contribution in [3.63, 3.8) is 0 Å². The van der Waals surface area contributed by atoms with E-state index < -0.39 is 5.54 Å². The number of hydrogen-bond acceptors (Lipinski definition) is 3. The zero-order valence-electron chi connectivity index (χ0n) is 10.8. The summed E-state index contributed by atoms with van der Waals surface area (Å²) in [5.41, 5.74) is 8.13. The van der Waals surface area contributed by atoms with Crippen molar-refractivity contribution in [2.75, 3.05) is 7.11 Å². The Kier molecular flexibility index (Phi) is 3.63. The molecule has 0 bridgehead atoms. The van der Waals surface area contributed by atoms with Crippen molar-refractivity contribution in [3.8, 4) is 5.75 Å². The third-order valence-corrected chi connectivity index (χ3v) is 3.02. The van der Waals surface area contributed by atoms with E-state index >= 15 is 0 Å². The lowest BCUT2D eigenvalue weighted by molar-refractivity contribution is 0.408. The van der Waals surface area contributed by atoms with Crippen molar-refractivity contribution in [3.05, 3.63) is 59.9 Å². The average molecular weight is 242 g/mol. The van der Waals surface area contributed by atoms with Gasteiger partial charge >= 0.3 is 0 Å². The first-order valence-electron chi connectivity index (χ1n) is 5.94. The maximum atomic E-state index is 6.40. The lowest BCUT2D eigenvalue weighted by atomic mass is 9.87. The molecule has 94 valence electrons. The molecule has 3 nitrogen and oxygen atoms in total. The zero-order chi connectivity index (χ0) is 13.0. The molecule has 1 heterocycles. The molecule has 2 rings (SSSR count). The predicted molar refractivity (Wildman–Crippen MR) is 72.5 cm³/mol. The fraction of sp³-hybridized carbons (Fsp3) is 0.267. The number of methoxy groups -OCH3 is 1. The minimum Gasteiger partial charge on any atom is -0.495 e. The van der Waals surface area contributed by atoms with E-state index in [1.165, 1.54) is 5.56 Å². The monoisotopic (exact) mass is 242 g/mol. The van der Waals surface area contributed by atoms with Gasteiger partial charge in [0.25, 0.3) is 0 Å². The second kappa shape index (κ2) is 5.19. The summed E-state index contributed by atoms with van der Waals surface area (Å²) in [6, 6.07) is 12.2. The van der Waals surface area contributed by atoms with Crippen LogP contribution in [0.3, 0.4) is 0 Å². The van der Waals surface area contributed by atoms with Crippen LogP contribution in [0.4, 0.5) is 0 Å². The van der Waals surface area contributed by atoms with Gasteiger partial charge in [0.2, 0.25) is 0 Å². The number of rotatable bonds is 4. The molecule has 0 spiro atoms. The normalized spacial score (nSPS) is 13.9. The van der Waals surface area contributed by atoms with E-state index in [2.05, 4.69) is 17.1 Å². The Labute approximate surface area is 108 Å². The van der Waals surface area contributed by atoms with Gasteiger partial charge in [0.15, 0.2) is 0 Å². The van der Waals surface area contributed by atoms with Crippen LogP contribution in [0.1, 0.15) is 18.1 Å². The van der Waals surface area contributed by atoms with Crippen LogP contribution < -0.4 is 10.5 Å². The second-order valence-corrected chi connectivity index (χ2v) is 4.69. The molecule has 0 fully saturated rings. The number of hydrogen-bond donors (Lipinski definition) is 1. The van der Waals surface area contributed by atoms with Gasteiger partial charge in [0, 0.05) is 11.7 Å². The maximum Gasteiger partial charge on any atom is 0.137 e. The molecule has 0 amide bonds. The van der Waals surface area contributed by atoms with Crippen molar-refractivity contribution in [2.45, 2.75) is 18.9 Å². The molecule has 0 aliphatic carbocycles. The van der Waals surface area contributed by atoms with Gasteiger partial charge in [-0.15, -0.1) is 0 Å². The fourth-order valence-corrected chi connectivity index (χ4v) is 1.96. The topological polar surface area (TPSA) is 48.1 Å². The van der Waals surface area contributed by atoms with Crippen molar-refractivity contribution >= 4 is 0 Å². The highest BCUT2D eigenvalue weighted by atomic mass is 16.5. The minimum atomic E-state index is -0.455. The van der Waals surface area contributed by atoms with Crippen LogP contribution in [0, 0.1) is 0 Å². The van der Waals surface area contributed by atoms with Crippen LogP contribution in [0.2, 0.25) is 0 Å². The second-order valence-electron chi connectivity index (χ2n) is 4.69. The van der Waals surface area contributed by atoms with E-state index in [9.17, 15) is 0 Å². The smallest absolute Gasteiger partial charge is 0.137 e. The molecule has 3 heteroatoms. The molecule has 1 aromatic heterocycles. The van der Waals surface area contributed by atoms with E-state index in [1.807, 2.05) is 31.2 Å². The third-order valence-electron chi connectivity index (χ3n) is 3.02. The Morgan fingerprint density at radius 2 is 1.94 bits per heavy atom. The Morgan fingerprint density at radius 1 is 1.22 bits per heavy atom. The van der Waals surface area contributed by atoms with Crippen LogP contribution in [0.25, 0.3) is 0 Å². The first-order chi connectivity index (χ1) is 8.62. The lowest BCUT2D eigenvalue weighted by Gasteiger charge is -2.25. The van der Waals surface area contributed by atoms with E-state index in [-0.39, 0.29) is 0 Å². The summed E-state index contributed by atoms with van der Waals surface area (Å²) in [5.74, 6) is 0.734. The molecule has 1 aromatic carbocycles. The van der Waals surface area contributed by atoms with E-state index in [4.69, 9.17) is 10.5 Å². The van der Waals surface area contributed by atoms with Gasteiger partial charge in [0.1, 0.15) is 5.75 Å². The first kappa shape index (κ1) is 12.6. The molecule has 0 saturated heterocycles. The number of pyridine rings is 1. The minimum absolute atomic E-state index is 0.455. The van der Waals surface area contributed by atoms with Crippen LogP contribution in [0.5, 0.6) is 5.75 Å². The largest absolute Gasteiger partial charge is 0.495 e. The van der Waals surface area contributed by atoms with Crippen molar-refractivity contribution in [1.82, 2.24) is 4.98 Å². The summed E-state index contributed by atoms with van der Waals surface area (Å²) in [5, 5.41) is 0. The highest BCUT2D eigenvalue weighted by molar-refractivity contribution is 5.31. The molecular weight excluding hydrogens is 224 g/mol. The van der Waals surface area contributed by atoms with Crippen LogP contribution in [-0.2, 0) is 12.0 Å². The third kappa shape index (κ3) is 2.87. The van der Waals surface area contributed by atoms with Gasteiger partial charge < -0.3 is 10.5 Å². The van der Waals surface area contributed by atoms with Gasteiger partial charge in [0.05, 0.1) is 13.3 Å².